The third-order valence-corrected chi connectivity index (χ3v) is 4.97. The molecule has 0 spiro atoms. The Hall–Kier alpha value is -1.22. The summed E-state index contributed by atoms with van der Waals surface area (Å²) in [4.78, 5) is 0. The number of hydrogen-bond donors (Lipinski definition) is 2. The fourth-order valence-corrected chi connectivity index (χ4v) is 3.40. The molecule has 0 bridgehead atoms. The van der Waals surface area contributed by atoms with Crippen molar-refractivity contribution < 1.29 is 9.84 Å². The van der Waals surface area contributed by atoms with Crippen molar-refractivity contribution in [2.24, 2.45) is 11.8 Å². The molecule has 1 aromatic carbocycles. The minimum absolute atomic E-state index is 0.168. The van der Waals surface area contributed by atoms with Crippen molar-refractivity contribution in [2.75, 3.05) is 19.0 Å². The van der Waals surface area contributed by atoms with E-state index in [2.05, 4.69) is 19.2 Å². The van der Waals surface area contributed by atoms with Crippen LogP contribution in [0.25, 0.3) is 0 Å². The van der Waals surface area contributed by atoms with Crippen molar-refractivity contribution >= 4 is 5.69 Å². The van der Waals surface area contributed by atoms with Gasteiger partial charge in [-0.1, -0.05) is 26.7 Å². The second kappa shape index (κ2) is 7.17. The minimum atomic E-state index is -0.168. The number of aliphatic hydroxyl groups is 1. The Bertz CT molecular complexity index is 429. The number of hydrogen-bond acceptors (Lipinski definition) is 3. The molecule has 2 N–H and O–H groups in total. The van der Waals surface area contributed by atoms with Gasteiger partial charge in [-0.2, -0.15) is 0 Å². The zero-order chi connectivity index (χ0) is 15.3. The van der Waals surface area contributed by atoms with Crippen LogP contribution < -0.4 is 10.1 Å². The molecule has 3 heteroatoms. The van der Waals surface area contributed by atoms with Crippen LogP contribution in [-0.4, -0.2) is 24.4 Å². The summed E-state index contributed by atoms with van der Waals surface area (Å²) in [6.07, 6.45) is 5.74. The number of ether oxygens (including phenoxy) is 1. The van der Waals surface area contributed by atoms with Gasteiger partial charge in [0.2, 0.25) is 0 Å². The molecule has 2 rings (SSSR count). The molecule has 0 radical (unpaired) electrons. The van der Waals surface area contributed by atoms with Crippen LogP contribution in [0.5, 0.6) is 5.75 Å². The molecular formula is C18H29NO2. The number of anilines is 1. The van der Waals surface area contributed by atoms with Crippen molar-refractivity contribution in [3.63, 3.8) is 0 Å². The zero-order valence-electron chi connectivity index (χ0n) is 13.6. The van der Waals surface area contributed by atoms with Gasteiger partial charge in [0, 0.05) is 5.69 Å². The largest absolute Gasteiger partial charge is 0.497 e. The van der Waals surface area contributed by atoms with E-state index in [-0.39, 0.29) is 12.1 Å². The number of methoxy groups -OCH3 is 1. The van der Waals surface area contributed by atoms with Crippen LogP contribution in [0.3, 0.4) is 0 Å². The molecule has 1 aliphatic rings. The molecule has 0 aliphatic heterocycles. The van der Waals surface area contributed by atoms with Crippen LogP contribution in [-0.2, 0) is 0 Å². The summed E-state index contributed by atoms with van der Waals surface area (Å²) in [5.74, 6) is 2.39. The molecule has 1 aromatic rings. The number of benzene rings is 1. The molecule has 1 aliphatic carbocycles. The molecular weight excluding hydrogens is 262 g/mol. The second-order valence-electron chi connectivity index (χ2n) is 6.73. The Balaban J connectivity index is 2.06. The average molecular weight is 291 g/mol. The molecule has 2 atom stereocenters. The van der Waals surface area contributed by atoms with E-state index >= 15 is 0 Å². The highest BCUT2D eigenvalue weighted by atomic mass is 16.5. The molecule has 1 fully saturated rings. The molecule has 0 amide bonds. The number of rotatable bonds is 5. The Morgan fingerprint density at radius 2 is 1.95 bits per heavy atom. The lowest BCUT2D eigenvalue weighted by atomic mass is 9.86. The predicted molar refractivity (Wildman–Crippen MR) is 87.8 cm³/mol. The first-order chi connectivity index (χ1) is 10.1. The first kappa shape index (κ1) is 16.2. The van der Waals surface area contributed by atoms with Crippen LogP contribution in [0.15, 0.2) is 24.3 Å². The highest BCUT2D eigenvalue weighted by Crippen LogP contribution is 2.36. The normalized spacial score (nSPS) is 26.4. The van der Waals surface area contributed by atoms with Crippen LogP contribution in [0.4, 0.5) is 5.69 Å². The highest BCUT2D eigenvalue weighted by molar-refractivity contribution is 5.48. The lowest BCUT2D eigenvalue weighted by Crippen LogP contribution is -2.41. The SMILES string of the molecule is COc1ccc(NC2(CO)CCCC(C(C)C)CC2)cc1. The first-order valence-corrected chi connectivity index (χ1v) is 8.12. The Kier molecular flexibility index (Phi) is 5.51. The van der Waals surface area contributed by atoms with Crippen molar-refractivity contribution in [1.82, 2.24) is 0 Å². The molecule has 1 saturated carbocycles. The molecule has 0 saturated heterocycles. The van der Waals surface area contributed by atoms with Gasteiger partial charge in [-0.3, -0.25) is 0 Å². The van der Waals surface area contributed by atoms with Gasteiger partial charge in [-0.25, -0.2) is 0 Å². The van der Waals surface area contributed by atoms with Crippen LogP contribution >= 0.6 is 0 Å². The molecule has 0 heterocycles. The van der Waals surface area contributed by atoms with Gasteiger partial charge in [0.1, 0.15) is 5.75 Å². The van der Waals surface area contributed by atoms with Crippen LogP contribution in [0, 0.1) is 11.8 Å². The Morgan fingerprint density at radius 3 is 2.52 bits per heavy atom. The van der Waals surface area contributed by atoms with Gasteiger partial charge in [0.15, 0.2) is 0 Å². The quantitative estimate of drug-likeness (QED) is 0.803. The standard InChI is InChI=1S/C18H29NO2/c1-14(2)15-5-4-11-18(13-20,12-10-15)19-16-6-8-17(21-3)9-7-16/h6-9,14-15,19-20H,4-5,10-13H2,1-3H3. The van der Waals surface area contributed by atoms with E-state index in [0.717, 1.165) is 36.1 Å². The van der Waals surface area contributed by atoms with E-state index < -0.39 is 0 Å². The van der Waals surface area contributed by atoms with Gasteiger partial charge < -0.3 is 15.2 Å². The maximum Gasteiger partial charge on any atom is 0.119 e. The van der Waals surface area contributed by atoms with E-state index in [4.69, 9.17) is 4.74 Å². The summed E-state index contributed by atoms with van der Waals surface area (Å²) >= 11 is 0. The van der Waals surface area contributed by atoms with Gasteiger partial charge in [0.25, 0.3) is 0 Å². The number of nitrogens with one attached hydrogen (secondary N) is 1. The maximum atomic E-state index is 9.97. The van der Waals surface area contributed by atoms with Crippen molar-refractivity contribution in [3.05, 3.63) is 24.3 Å². The molecule has 21 heavy (non-hydrogen) atoms. The topological polar surface area (TPSA) is 41.5 Å². The second-order valence-corrected chi connectivity index (χ2v) is 6.73. The lowest BCUT2D eigenvalue weighted by Gasteiger charge is -2.33. The monoisotopic (exact) mass is 291 g/mol. The van der Waals surface area contributed by atoms with Gasteiger partial charge in [-0.15, -0.1) is 0 Å². The van der Waals surface area contributed by atoms with Gasteiger partial charge in [-0.05, 0) is 55.4 Å². The third-order valence-electron chi connectivity index (χ3n) is 4.97. The minimum Gasteiger partial charge on any atom is -0.497 e. The van der Waals surface area contributed by atoms with E-state index in [1.807, 2.05) is 24.3 Å². The summed E-state index contributed by atoms with van der Waals surface area (Å²) in [6.45, 7) is 4.82. The van der Waals surface area contributed by atoms with E-state index in [9.17, 15) is 5.11 Å². The van der Waals surface area contributed by atoms with Crippen molar-refractivity contribution in [2.45, 2.75) is 51.5 Å². The Morgan fingerprint density at radius 1 is 1.24 bits per heavy atom. The van der Waals surface area contributed by atoms with Gasteiger partial charge >= 0.3 is 0 Å². The summed E-state index contributed by atoms with van der Waals surface area (Å²) in [6, 6.07) is 7.98. The third kappa shape index (κ3) is 4.13. The maximum absolute atomic E-state index is 9.97. The van der Waals surface area contributed by atoms with Crippen LogP contribution in [0.2, 0.25) is 0 Å². The summed E-state index contributed by atoms with van der Waals surface area (Å²) in [5.41, 5.74) is 0.894. The average Bonchev–Trinajstić information content (AvgIpc) is 2.71. The van der Waals surface area contributed by atoms with Crippen molar-refractivity contribution in [3.8, 4) is 5.75 Å². The van der Waals surface area contributed by atoms with Crippen LogP contribution in [0.1, 0.15) is 46.0 Å². The summed E-state index contributed by atoms with van der Waals surface area (Å²) in [5, 5.41) is 13.6. The highest BCUT2D eigenvalue weighted by Gasteiger charge is 2.33. The molecule has 118 valence electrons. The zero-order valence-corrected chi connectivity index (χ0v) is 13.6. The smallest absolute Gasteiger partial charge is 0.119 e. The molecule has 3 nitrogen and oxygen atoms in total. The summed E-state index contributed by atoms with van der Waals surface area (Å²) in [7, 11) is 1.68. The Labute approximate surface area is 128 Å². The fraction of sp³-hybridized carbons (Fsp3) is 0.667. The summed E-state index contributed by atoms with van der Waals surface area (Å²) < 4.78 is 5.19. The first-order valence-electron chi connectivity index (χ1n) is 8.12. The van der Waals surface area contributed by atoms with E-state index in [0.29, 0.717) is 0 Å². The fourth-order valence-electron chi connectivity index (χ4n) is 3.40. The molecule has 2 unspecified atom stereocenters. The predicted octanol–water partition coefficient (Wildman–Crippen LogP) is 4.07. The van der Waals surface area contributed by atoms with E-state index in [1.54, 1.807) is 7.11 Å². The lowest BCUT2D eigenvalue weighted by molar-refractivity contribution is 0.193. The molecule has 0 aromatic heterocycles. The van der Waals surface area contributed by atoms with E-state index in [1.165, 1.54) is 19.3 Å². The number of aliphatic hydroxyl groups excluding tert-OH is 1. The van der Waals surface area contributed by atoms with Gasteiger partial charge in [0.05, 0.1) is 19.3 Å². The van der Waals surface area contributed by atoms with Crippen molar-refractivity contribution in [1.29, 1.82) is 0 Å².